The molecular weight excluding hydrogens is 276 g/mol. The molecule has 2 aromatic rings. The maximum absolute atomic E-state index is 12.3. The predicted molar refractivity (Wildman–Crippen MR) is 89.9 cm³/mol. The van der Waals surface area contributed by atoms with Crippen molar-refractivity contribution in [2.24, 2.45) is 0 Å². The Hall–Kier alpha value is -2.33. The molecule has 22 heavy (non-hydrogen) atoms. The second-order valence-corrected chi connectivity index (χ2v) is 5.59. The Balaban J connectivity index is 2.04. The molecule has 0 aliphatic heterocycles. The van der Waals surface area contributed by atoms with Gasteiger partial charge in [-0.15, -0.1) is 0 Å². The summed E-state index contributed by atoms with van der Waals surface area (Å²) >= 11 is 0. The molecule has 3 N–H and O–H groups in total. The van der Waals surface area contributed by atoms with Crippen LogP contribution in [0.3, 0.4) is 0 Å². The van der Waals surface area contributed by atoms with Gasteiger partial charge in [-0.1, -0.05) is 18.2 Å². The summed E-state index contributed by atoms with van der Waals surface area (Å²) in [5.41, 5.74) is 9.64. The highest BCUT2D eigenvalue weighted by Gasteiger charge is 2.09. The van der Waals surface area contributed by atoms with E-state index in [1.165, 1.54) is 0 Å². The molecule has 0 atom stereocenters. The summed E-state index contributed by atoms with van der Waals surface area (Å²) in [4.78, 5) is 12.3. The molecule has 0 bridgehead atoms. The third kappa shape index (κ3) is 4.33. The molecule has 1 amide bonds. The standard InChI is InChI=1S/C18H22N2O2/c1-12(2)22-11-14-5-8-16(9-6-14)20-18(21)17-10-15(19)7-4-13(17)3/h4-10,12H,11,19H2,1-3H3,(H,20,21). The summed E-state index contributed by atoms with van der Waals surface area (Å²) in [6, 6.07) is 13.0. The number of anilines is 2. The Kier molecular flexibility index (Phi) is 5.17. The number of aryl methyl sites for hydroxylation is 1. The van der Waals surface area contributed by atoms with E-state index in [1.54, 1.807) is 12.1 Å². The lowest BCUT2D eigenvalue weighted by Crippen LogP contribution is -2.13. The lowest BCUT2D eigenvalue weighted by Gasteiger charge is -2.10. The second-order valence-electron chi connectivity index (χ2n) is 5.59. The molecule has 4 nitrogen and oxygen atoms in total. The Bertz CT molecular complexity index is 649. The van der Waals surface area contributed by atoms with E-state index in [-0.39, 0.29) is 12.0 Å². The second kappa shape index (κ2) is 7.09. The van der Waals surface area contributed by atoms with Gasteiger partial charge in [0.2, 0.25) is 0 Å². The van der Waals surface area contributed by atoms with E-state index in [0.29, 0.717) is 17.9 Å². The van der Waals surface area contributed by atoms with Gasteiger partial charge in [-0.05, 0) is 56.2 Å². The Labute approximate surface area is 131 Å². The summed E-state index contributed by atoms with van der Waals surface area (Å²) in [6.45, 7) is 6.46. The summed E-state index contributed by atoms with van der Waals surface area (Å²) in [5, 5.41) is 2.88. The molecule has 0 spiro atoms. The zero-order valence-electron chi connectivity index (χ0n) is 13.2. The van der Waals surface area contributed by atoms with Crippen LogP contribution in [-0.4, -0.2) is 12.0 Å². The van der Waals surface area contributed by atoms with Crippen LogP contribution in [0.5, 0.6) is 0 Å². The van der Waals surface area contributed by atoms with Crippen LogP contribution in [0.4, 0.5) is 11.4 Å². The lowest BCUT2D eigenvalue weighted by atomic mass is 10.1. The monoisotopic (exact) mass is 298 g/mol. The Morgan fingerprint density at radius 3 is 2.50 bits per heavy atom. The smallest absolute Gasteiger partial charge is 0.256 e. The number of rotatable bonds is 5. The fourth-order valence-corrected chi connectivity index (χ4v) is 2.03. The molecule has 4 heteroatoms. The maximum Gasteiger partial charge on any atom is 0.256 e. The first-order valence-corrected chi connectivity index (χ1v) is 7.33. The minimum absolute atomic E-state index is 0.156. The van der Waals surface area contributed by atoms with E-state index < -0.39 is 0 Å². The van der Waals surface area contributed by atoms with Gasteiger partial charge in [0.05, 0.1) is 12.7 Å². The van der Waals surface area contributed by atoms with Crippen LogP contribution in [0.2, 0.25) is 0 Å². The van der Waals surface area contributed by atoms with Crippen LogP contribution >= 0.6 is 0 Å². The van der Waals surface area contributed by atoms with Crippen molar-refractivity contribution in [1.29, 1.82) is 0 Å². The number of hydrogen-bond acceptors (Lipinski definition) is 3. The van der Waals surface area contributed by atoms with Crippen LogP contribution in [0.1, 0.15) is 35.3 Å². The lowest BCUT2D eigenvalue weighted by molar-refractivity contribution is 0.0657. The fourth-order valence-electron chi connectivity index (χ4n) is 2.03. The van der Waals surface area contributed by atoms with Gasteiger partial charge in [0, 0.05) is 16.9 Å². The van der Waals surface area contributed by atoms with Crippen LogP contribution < -0.4 is 11.1 Å². The van der Waals surface area contributed by atoms with Crippen molar-refractivity contribution in [3.05, 3.63) is 59.2 Å². The van der Waals surface area contributed by atoms with Gasteiger partial charge < -0.3 is 15.8 Å². The molecule has 0 fully saturated rings. The molecule has 0 aliphatic carbocycles. The molecular formula is C18H22N2O2. The number of hydrogen-bond donors (Lipinski definition) is 2. The molecule has 0 saturated heterocycles. The Morgan fingerprint density at radius 1 is 1.18 bits per heavy atom. The van der Waals surface area contributed by atoms with E-state index in [1.807, 2.05) is 51.1 Å². The number of amides is 1. The van der Waals surface area contributed by atoms with E-state index in [4.69, 9.17) is 10.5 Å². The van der Waals surface area contributed by atoms with Crippen LogP contribution in [-0.2, 0) is 11.3 Å². The zero-order chi connectivity index (χ0) is 16.1. The zero-order valence-corrected chi connectivity index (χ0v) is 13.2. The van der Waals surface area contributed by atoms with Crippen molar-refractivity contribution in [2.75, 3.05) is 11.1 Å². The topological polar surface area (TPSA) is 64.4 Å². The van der Waals surface area contributed by atoms with Gasteiger partial charge in [0.15, 0.2) is 0 Å². The van der Waals surface area contributed by atoms with Gasteiger partial charge in [-0.2, -0.15) is 0 Å². The quantitative estimate of drug-likeness (QED) is 0.826. The highest BCUT2D eigenvalue weighted by atomic mass is 16.5. The van der Waals surface area contributed by atoms with Crippen LogP contribution in [0, 0.1) is 6.92 Å². The van der Waals surface area contributed by atoms with Crippen molar-refractivity contribution in [3.8, 4) is 0 Å². The Morgan fingerprint density at radius 2 is 1.86 bits per heavy atom. The molecule has 116 valence electrons. The van der Waals surface area contributed by atoms with Gasteiger partial charge in [0.1, 0.15) is 0 Å². The van der Waals surface area contributed by atoms with Crippen molar-refractivity contribution < 1.29 is 9.53 Å². The largest absolute Gasteiger partial charge is 0.399 e. The molecule has 2 aromatic carbocycles. The van der Waals surface area contributed by atoms with E-state index in [9.17, 15) is 4.79 Å². The summed E-state index contributed by atoms with van der Waals surface area (Å²) in [5.74, 6) is -0.156. The summed E-state index contributed by atoms with van der Waals surface area (Å²) in [7, 11) is 0. The average molecular weight is 298 g/mol. The number of carbonyl (C=O) groups is 1. The maximum atomic E-state index is 12.3. The highest BCUT2D eigenvalue weighted by Crippen LogP contribution is 2.16. The molecule has 0 unspecified atom stereocenters. The predicted octanol–water partition coefficient (Wildman–Crippen LogP) is 3.75. The van der Waals surface area contributed by atoms with Gasteiger partial charge in [0.25, 0.3) is 5.91 Å². The van der Waals surface area contributed by atoms with E-state index in [2.05, 4.69) is 5.32 Å². The van der Waals surface area contributed by atoms with E-state index >= 15 is 0 Å². The number of ether oxygens (including phenoxy) is 1. The molecule has 0 saturated carbocycles. The number of nitrogens with one attached hydrogen (secondary N) is 1. The average Bonchev–Trinajstić information content (AvgIpc) is 2.49. The number of nitrogen functional groups attached to an aromatic ring is 1. The fraction of sp³-hybridized carbons (Fsp3) is 0.278. The first-order chi connectivity index (χ1) is 10.5. The van der Waals surface area contributed by atoms with E-state index in [0.717, 1.165) is 16.8 Å². The van der Waals surface area contributed by atoms with Crippen LogP contribution in [0.25, 0.3) is 0 Å². The number of nitrogens with two attached hydrogens (primary N) is 1. The number of benzene rings is 2. The third-order valence-corrected chi connectivity index (χ3v) is 3.30. The van der Waals surface area contributed by atoms with Crippen molar-refractivity contribution in [3.63, 3.8) is 0 Å². The highest BCUT2D eigenvalue weighted by molar-refractivity contribution is 6.05. The van der Waals surface area contributed by atoms with Crippen LogP contribution in [0.15, 0.2) is 42.5 Å². The van der Waals surface area contributed by atoms with Crippen molar-refractivity contribution in [1.82, 2.24) is 0 Å². The van der Waals surface area contributed by atoms with Gasteiger partial charge in [-0.3, -0.25) is 4.79 Å². The molecule has 2 rings (SSSR count). The summed E-state index contributed by atoms with van der Waals surface area (Å²) < 4.78 is 5.55. The van der Waals surface area contributed by atoms with Crippen molar-refractivity contribution >= 4 is 17.3 Å². The first kappa shape index (κ1) is 16.0. The molecule has 0 aliphatic rings. The van der Waals surface area contributed by atoms with Crippen molar-refractivity contribution in [2.45, 2.75) is 33.5 Å². The molecule has 0 aromatic heterocycles. The third-order valence-electron chi connectivity index (χ3n) is 3.30. The molecule has 0 radical (unpaired) electrons. The SMILES string of the molecule is Cc1ccc(N)cc1C(=O)Nc1ccc(COC(C)C)cc1. The minimum Gasteiger partial charge on any atom is -0.399 e. The first-order valence-electron chi connectivity index (χ1n) is 7.33. The summed E-state index contributed by atoms with van der Waals surface area (Å²) in [6.07, 6.45) is 0.200. The van der Waals surface area contributed by atoms with Gasteiger partial charge >= 0.3 is 0 Å². The minimum atomic E-state index is -0.156. The van der Waals surface area contributed by atoms with Gasteiger partial charge in [-0.25, -0.2) is 0 Å². The normalized spacial score (nSPS) is 10.7. The molecule has 0 heterocycles. The number of carbonyl (C=O) groups excluding carboxylic acids is 1.